The van der Waals surface area contributed by atoms with Crippen molar-refractivity contribution in [2.45, 2.75) is 0 Å². The molecule has 0 radical (unpaired) electrons. The van der Waals surface area contributed by atoms with Crippen molar-refractivity contribution in [2.24, 2.45) is 11.6 Å². The van der Waals surface area contributed by atoms with Crippen molar-refractivity contribution in [3.8, 4) is 0 Å². The molecule has 0 unspecified atom stereocenters. The molecular weight excluding hydrogens is 155 g/mol. The van der Waals surface area contributed by atoms with Gasteiger partial charge in [-0.2, -0.15) is 18.6 Å². The average Bonchev–Trinajstić information content (AvgIpc) is 1.67. The van der Waals surface area contributed by atoms with E-state index in [4.69, 9.17) is 5.73 Å². The molecule has 0 saturated heterocycles. The molecule has 0 spiro atoms. The van der Waals surface area contributed by atoms with E-state index in [9.17, 15) is 8.42 Å². The minimum absolute atomic E-state index is 0. The maximum absolute atomic E-state index is 10.2. The quantitative estimate of drug-likeness (QED) is 0.355. The van der Waals surface area contributed by atoms with Gasteiger partial charge in [-0.25, -0.2) is 0 Å². The van der Waals surface area contributed by atoms with Crippen LogP contribution in [0.2, 0.25) is 0 Å². The Morgan fingerprint density at radius 3 is 2.00 bits per heavy atom. The Balaban J connectivity index is 0. The normalized spacial score (nSPS) is 10.4. The first-order chi connectivity index (χ1) is 3.62. The molecule has 0 fully saturated rings. The van der Waals surface area contributed by atoms with Gasteiger partial charge < -0.3 is 5.73 Å². The predicted octanol–water partition coefficient (Wildman–Crippen LogP) is -2.48. The number of hydrogen-bond acceptors (Lipinski definition) is 5. The van der Waals surface area contributed by atoms with Gasteiger partial charge in [-0.1, -0.05) is 0 Å². The third-order valence-electron chi connectivity index (χ3n) is 0.514. The third-order valence-corrected chi connectivity index (χ3v) is 1.54. The van der Waals surface area contributed by atoms with Gasteiger partial charge in [0, 0.05) is 6.54 Å². The van der Waals surface area contributed by atoms with E-state index in [1.165, 1.54) is 0 Å². The van der Waals surface area contributed by atoms with Crippen LogP contribution in [0.3, 0.4) is 0 Å². The molecule has 0 rings (SSSR count). The van der Waals surface area contributed by atoms with Crippen molar-refractivity contribution in [1.82, 2.24) is 0 Å². The van der Waals surface area contributed by atoms with Gasteiger partial charge in [0.2, 0.25) is 0 Å². The average molecular weight is 164 g/mol. The summed E-state index contributed by atoms with van der Waals surface area (Å²) in [7, 11) is -3.52. The molecule has 0 aromatic rings. The number of hydrogen-bond donors (Lipinski definition) is 2. The summed E-state index contributed by atoms with van der Waals surface area (Å²) in [6.07, 6.45) is 0. The molecule has 9 heavy (non-hydrogen) atoms. The summed E-state index contributed by atoms with van der Waals surface area (Å²) < 4.78 is 23.9. The fourth-order valence-corrected chi connectivity index (χ4v) is 0.577. The van der Waals surface area contributed by atoms with E-state index in [1.54, 1.807) is 0 Å². The van der Waals surface area contributed by atoms with Crippen molar-refractivity contribution in [3.63, 3.8) is 0 Å². The van der Waals surface area contributed by atoms with Gasteiger partial charge >= 0.3 is 29.6 Å². The standard InChI is InChI=1S/C2H8N2O3S.Na.H/c3-1-2-8(5,6)7-4;;/h1-4H2;;. The van der Waals surface area contributed by atoms with Crippen molar-refractivity contribution < 1.29 is 12.7 Å². The molecule has 0 aromatic heterocycles. The second kappa shape index (κ2) is 5.60. The molecule has 52 valence electrons. The van der Waals surface area contributed by atoms with E-state index in [2.05, 4.69) is 10.2 Å². The van der Waals surface area contributed by atoms with Crippen molar-refractivity contribution in [2.75, 3.05) is 12.3 Å². The maximum atomic E-state index is 10.2. The Bertz CT molecular complexity index is 144. The first-order valence-corrected chi connectivity index (χ1v) is 3.51. The van der Waals surface area contributed by atoms with Crippen LogP contribution in [0.4, 0.5) is 0 Å². The summed E-state index contributed by atoms with van der Waals surface area (Å²) in [5.74, 6) is 4.12. The summed E-state index contributed by atoms with van der Waals surface area (Å²) in [4.78, 5) is 0. The van der Waals surface area contributed by atoms with Crippen LogP contribution in [0.5, 0.6) is 0 Å². The zero-order valence-corrected chi connectivity index (χ0v) is 5.02. The van der Waals surface area contributed by atoms with Gasteiger partial charge in [-0.05, 0) is 0 Å². The van der Waals surface area contributed by atoms with E-state index in [0.717, 1.165) is 0 Å². The van der Waals surface area contributed by atoms with Gasteiger partial charge in [0.1, 0.15) is 0 Å². The molecule has 7 heteroatoms. The monoisotopic (exact) mass is 164 g/mol. The van der Waals surface area contributed by atoms with Crippen LogP contribution in [0.1, 0.15) is 0 Å². The molecule has 0 heterocycles. The molecule has 0 aliphatic rings. The molecule has 0 aromatic carbocycles. The molecule has 0 amide bonds. The van der Waals surface area contributed by atoms with Crippen molar-refractivity contribution in [1.29, 1.82) is 0 Å². The molecule has 0 aliphatic heterocycles. The summed E-state index contributed by atoms with van der Waals surface area (Å²) in [6, 6.07) is 0. The zero-order chi connectivity index (χ0) is 6.62. The first kappa shape index (κ1) is 12.5. The van der Waals surface area contributed by atoms with Crippen molar-refractivity contribution in [3.05, 3.63) is 0 Å². The topological polar surface area (TPSA) is 95.4 Å². The fourth-order valence-electron chi connectivity index (χ4n) is 0.192. The van der Waals surface area contributed by atoms with Crippen LogP contribution < -0.4 is 11.6 Å². The molecule has 4 N–H and O–H groups in total. The summed E-state index contributed by atoms with van der Waals surface area (Å²) in [5, 5.41) is 0. The van der Waals surface area contributed by atoms with Gasteiger partial charge in [0.05, 0.1) is 5.75 Å². The molecule has 0 bridgehead atoms. The Morgan fingerprint density at radius 1 is 1.44 bits per heavy atom. The van der Waals surface area contributed by atoms with Crippen LogP contribution >= 0.6 is 0 Å². The second-order valence-corrected chi connectivity index (χ2v) is 2.86. The summed E-state index contributed by atoms with van der Waals surface area (Å²) >= 11 is 0. The second-order valence-electron chi connectivity index (χ2n) is 1.15. The number of rotatable bonds is 3. The first-order valence-electron chi connectivity index (χ1n) is 1.93. The van der Waals surface area contributed by atoms with Crippen LogP contribution in [0.15, 0.2) is 0 Å². The third kappa shape index (κ3) is 6.72. The van der Waals surface area contributed by atoms with Crippen LogP contribution in [0.25, 0.3) is 0 Å². The van der Waals surface area contributed by atoms with Gasteiger partial charge in [-0.15, -0.1) is 0 Å². The summed E-state index contributed by atoms with van der Waals surface area (Å²) in [6.45, 7) is 0.0273. The van der Waals surface area contributed by atoms with E-state index < -0.39 is 10.1 Å². The Hall–Kier alpha value is 0.830. The molecule has 0 atom stereocenters. The summed E-state index contributed by atoms with van der Waals surface area (Å²) in [5.41, 5.74) is 4.88. The van der Waals surface area contributed by atoms with Crippen LogP contribution in [0, 0.1) is 0 Å². The number of nitrogens with two attached hydrogens (primary N) is 2. The molecule has 0 aliphatic carbocycles. The van der Waals surface area contributed by atoms with Gasteiger partial charge in [0.25, 0.3) is 10.1 Å². The van der Waals surface area contributed by atoms with E-state index in [1.807, 2.05) is 0 Å². The van der Waals surface area contributed by atoms with E-state index >= 15 is 0 Å². The molecular formula is C2H9N2NaO3S. The Kier molecular flexibility index (Phi) is 7.78. The minimum atomic E-state index is -3.52. The SMILES string of the molecule is NCCS(=O)(=O)ON.[NaH]. The van der Waals surface area contributed by atoms with Crippen LogP contribution in [-0.4, -0.2) is 50.3 Å². The van der Waals surface area contributed by atoms with Gasteiger partial charge in [-0.3, -0.25) is 0 Å². The Labute approximate surface area is 76.1 Å². The van der Waals surface area contributed by atoms with Crippen LogP contribution in [-0.2, 0) is 14.4 Å². The molecule has 5 nitrogen and oxygen atoms in total. The zero-order valence-electron chi connectivity index (χ0n) is 4.20. The van der Waals surface area contributed by atoms with Gasteiger partial charge in [0.15, 0.2) is 0 Å². The Morgan fingerprint density at radius 2 is 1.89 bits per heavy atom. The van der Waals surface area contributed by atoms with Crippen molar-refractivity contribution >= 4 is 39.7 Å². The van der Waals surface area contributed by atoms with E-state index in [0.29, 0.717) is 0 Å². The molecule has 0 saturated carbocycles. The fraction of sp³-hybridized carbons (Fsp3) is 1.00. The predicted molar refractivity (Wildman–Crippen MR) is 35.3 cm³/mol. The van der Waals surface area contributed by atoms with E-state index in [-0.39, 0.29) is 41.9 Å².